The minimum atomic E-state index is -0.368. The molecule has 0 saturated carbocycles. The maximum atomic E-state index is 12.9. The first-order valence-electron chi connectivity index (χ1n) is 5.78. The van der Waals surface area contributed by atoms with Gasteiger partial charge in [-0.1, -0.05) is 0 Å². The quantitative estimate of drug-likeness (QED) is 0.839. The molecule has 0 saturated heterocycles. The van der Waals surface area contributed by atoms with E-state index in [2.05, 4.69) is 47.3 Å². The summed E-state index contributed by atoms with van der Waals surface area (Å²) in [5, 5.41) is 6.04. The number of halogens is 2. The van der Waals surface area contributed by atoms with Gasteiger partial charge in [0.2, 0.25) is 0 Å². The molecule has 1 aromatic rings. The van der Waals surface area contributed by atoms with Crippen molar-refractivity contribution in [2.24, 2.45) is 0 Å². The van der Waals surface area contributed by atoms with E-state index < -0.39 is 0 Å². The fourth-order valence-corrected chi connectivity index (χ4v) is 1.91. The third-order valence-corrected chi connectivity index (χ3v) is 2.90. The second kappa shape index (κ2) is 6.29. The molecule has 0 heterocycles. The summed E-state index contributed by atoms with van der Waals surface area (Å²) in [6.07, 6.45) is 0. The maximum Gasteiger partial charge on any atom is 0.252 e. The standard InChI is InChI=1S/C13H18BrFN2O/c1-13(2,3)17-7-6-16-12(18)10-5-4-9(15)8-11(10)14/h4-5,8,17H,6-7H2,1-3H3,(H,16,18). The van der Waals surface area contributed by atoms with E-state index in [0.29, 0.717) is 23.1 Å². The number of benzene rings is 1. The van der Waals surface area contributed by atoms with E-state index in [-0.39, 0.29) is 17.3 Å². The zero-order chi connectivity index (χ0) is 13.8. The highest BCUT2D eigenvalue weighted by atomic mass is 79.9. The Kier molecular flexibility index (Phi) is 5.28. The average molecular weight is 317 g/mol. The van der Waals surface area contributed by atoms with Gasteiger partial charge in [0.05, 0.1) is 5.56 Å². The number of nitrogens with one attached hydrogen (secondary N) is 2. The Labute approximate surface area is 115 Å². The van der Waals surface area contributed by atoms with E-state index in [1.54, 1.807) is 0 Å². The fraction of sp³-hybridized carbons (Fsp3) is 0.462. The smallest absolute Gasteiger partial charge is 0.252 e. The molecule has 1 aromatic carbocycles. The van der Waals surface area contributed by atoms with Crippen molar-refractivity contribution in [3.8, 4) is 0 Å². The molecule has 0 radical (unpaired) electrons. The van der Waals surface area contributed by atoms with E-state index in [9.17, 15) is 9.18 Å². The van der Waals surface area contributed by atoms with Gasteiger partial charge in [-0.05, 0) is 54.9 Å². The van der Waals surface area contributed by atoms with E-state index in [1.165, 1.54) is 18.2 Å². The molecule has 18 heavy (non-hydrogen) atoms. The van der Waals surface area contributed by atoms with Gasteiger partial charge in [-0.15, -0.1) is 0 Å². The Hall–Kier alpha value is -0.940. The molecule has 0 aliphatic carbocycles. The van der Waals surface area contributed by atoms with Crippen LogP contribution < -0.4 is 10.6 Å². The molecule has 0 bridgehead atoms. The first kappa shape index (κ1) is 15.1. The van der Waals surface area contributed by atoms with E-state index in [4.69, 9.17) is 0 Å². The molecule has 2 N–H and O–H groups in total. The summed E-state index contributed by atoms with van der Waals surface area (Å²) in [6, 6.07) is 4.02. The first-order valence-corrected chi connectivity index (χ1v) is 6.57. The van der Waals surface area contributed by atoms with Crippen molar-refractivity contribution in [3.63, 3.8) is 0 Å². The third kappa shape index (κ3) is 5.14. The Balaban J connectivity index is 2.46. The van der Waals surface area contributed by atoms with E-state index in [0.717, 1.165) is 0 Å². The van der Waals surface area contributed by atoms with Crippen molar-refractivity contribution in [1.82, 2.24) is 10.6 Å². The van der Waals surface area contributed by atoms with Crippen molar-refractivity contribution in [1.29, 1.82) is 0 Å². The largest absolute Gasteiger partial charge is 0.351 e. The second-order valence-corrected chi connectivity index (χ2v) is 5.91. The molecule has 100 valence electrons. The van der Waals surface area contributed by atoms with Crippen LogP contribution in [0.15, 0.2) is 22.7 Å². The molecular formula is C13H18BrFN2O. The monoisotopic (exact) mass is 316 g/mol. The topological polar surface area (TPSA) is 41.1 Å². The summed E-state index contributed by atoms with van der Waals surface area (Å²) in [5.41, 5.74) is 0.466. The van der Waals surface area contributed by atoms with Crippen LogP contribution in [0.1, 0.15) is 31.1 Å². The van der Waals surface area contributed by atoms with Gasteiger partial charge in [-0.25, -0.2) is 4.39 Å². The van der Waals surface area contributed by atoms with Crippen molar-refractivity contribution in [2.75, 3.05) is 13.1 Å². The van der Waals surface area contributed by atoms with Gasteiger partial charge in [0, 0.05) is 23.1 Å². The lowest BCUT2D eigenvalue weighted by molar-refractivity contribution is 0.0952. The van der Waals surface area contributed by atoms with Gasteiger partial charge in [0.25, 0.3) is 5.91 Å². The van der Waals surface area contributed by atoms with E-state index >= 15 is 0 Å². The molecule has 5 heteroatoms. The molecule has 0 fully saturated rings. The van der Waals surface area contributed by atoms with Crippen molar-refractivity contribution in [3.05, 3.63) is 34.1 Å². The van der Waals surface area contributed by atoms with E-state index in [1.807, 2.05) is 0 Å². The van der Waals surface area contributed by atoms with Crippen LogP contribution in [0.4, 0.5) is 4.39 Å². The predicted molar refractivity (Wildman–Crippen MR) is 74.2 cm³/mol. The van der Waals surface area contributed by atoms with Crippen LogP contribution in [0, 0.1) is 5.82 Å². The molecule has 1 rings (SSSR count). The van der Waals surface area contributed by atoms with Gasteiger partial charge in [0.15, 0.2) is 0 Å². The minimum absolute atomic E-state index is 0.0290. The average Bonchev–Trinajstić information content (AvgIpc) is 2.22. The normalized spacial score (nSPS) is 11.4. The zero-order valence-corrected chi connectivity index (χ0v) is 12.4. The lowest BCUT2D eigenvalue weighted by Gasteiger charge is -2.20. The maximum absolute atomic E-state index is 12.9. The summed E-state index contributed by atoms with van der Waals surface area (Å²) in [5.74, 6) is -0.578. The van der Waals surface area contributed by atoms with Crippen LogP contribution in [0.5, 0.6) is 0 Å². The Morgan fingerprint density at radius 1 is 1.33 bits per heavy atom. The first-order chi connectivity index (χ1) is 8.29. The molecular weight excluding hydrogens is 299 g/mol. The molecule has 0 atom stereocenters. The van der Waals surface area contributed by atoms with Crippen molar-refractivity contribution >= 4 is 21.8 Å². The lowest BCUT2D eigenvalue weighted by atomic mass is 10.1. The summed E-state index contributed by atoms with van der Waals surface area (Å²) >= 11 is 3.17. The summed E-state index contributed by atoms with van der Waals surface area (Å²) < 4.78 is 13.3. The molecule has 3 nitrogen and oxygen atoms in total. The van der Waals surface area contributed by atoms with Crippen molar-refractivity contribution in [2.45, 2.75) is 26.3 Å². The van der Waals surface area contributed by atoms with Crippen LogP contribution in [-0.2, 0) is 0 Å². The molecule has 0 spiro atoms. The van der Waals surface area contributed by atoms with Crippen molar-refractivity contribution < 1.29 is 9.18 Å². The van der Waals surface area contributed by atoms with Gasteiger partial charge in [-0.3, -0.25) is 4.79 Å². The highest BCUT2D eigenvalue weighted by molar-refractivity contribution is 9.10. The third-order valence-electron chi connectivity index (χ3n) is 2.24. The second-order valence-electron chi connectivity index (χ2n) is 5.06. The predicted octanol–water partition coefficient (Wildman–Crippen LogP) is 2.71. The Morgan fingerprint density at radius 2 is 2.00 bits per heavy atom. The number of hydrogen-bond donors (Lipinski definition) is 2. The molecule has 0 aliphatic rings. The molecule has 0 aromatic heterocycles. The number of amides is 1. The fourth-order valence-electron chi connectivity index (χ4n) is 1.38. The summed E-state index contributed by atoms with van der Waals surface area (Å²) in [4.78, 5) is 11.8. The van der Waals surface area contributed by atoms with Crippen LogP contribution in [0.2, 0.25) is 0 Å². The Morgan fingerprint density at radius 3 is 2.56 bits per heavy atom. The van der Waals surface area contributed by atoms with Gasteiger partial charge < -0.3 is 10.6 Å². The van der Waals surface area contributed by atoms with Crippen LogP contribution in [0.3, 0.4) is 0 Å². The Bertz CT molecular complexity index is 429. The van der Waals surface area contributed by atoms with Crippen LogP contribution >= 0.6 is 15.9 Å². The van der Waals surface area contributed by atoms with Gasteiger partial charge in [-0.2, -0.15) is 0 Å². The number of hydrogen-bond acceptors (Lipinski definition) is 2. The van der Waals surface area contributed by atoms with Gasteiger partial charge in [0.1, 0.15) is 5.82 Å². The lowest BCUT2D eigenvalue weighted by Crippen LogP contribution is -2.41. The highest BCUT2D eigenvalue weighted by Gasteiger charge is 2.11. The minimum Gasteiger partial charge on any atom is -0.351 e. The van der Waals surface area contributed by atoms with Gasteiger partial charge >= 0.3 is 0 Å². The molecule has 0 unspecified atom stereocenters. The zero-order valence-electron chi connectivity index (χ0n) is 10.8. The highest BCUT2D eigenvalue weighted by Crippen LogP contribution is 2.17. The van der Waals surface area contributed by atoms with Crippen LogP contribution in [-0.4, -0.2) is 24.5 Å². The van der Waals surface area contributed by atoms with Crippen LogP contribution in [0.25, 0.3) is 0 Å². The molecule has 1 amide bonds. The summed E-state index contributed by atoms with van der Waals surface area (Å²) in [7, 11) is 0. The number of rotatable bonds is 4. The number of carbonyl (C=O) groups excluding carboxylic acids is 1. The summed E-state index contributed by atoms with van der Waals surface area (Å²) in [6.45, 7) is 7.40. The molecule has 0 aliphatic heterocycles. The number of carbonyl (C=O) groups is 1. The SMILES string of the molecule is CC(C)(C)NCCNC(=O)c1ccc(F)cc1Br.